The molecule has 2 N–H and O–H groups in total. The second-order valence-electron chi connectivity index (χ2n) is 8.80. The van der Waals surface area contributed by atoms with E-state index in [9.17, 15) is 4.79 Å². The molecule has 35 heavy (non-hydrogen) atoms. The van der Waals surface area contributed by atoms with Crippen molar-refractivity contribution in [2.75, 3.05) is 0 Å². The lowest BCUT2D eigenvalue weighted by atomic mass is 10.0. The van der Waals surface area contributed by atoms with Crippen molar-refractivity contribution >= 4 is 45.1 Å². The lowest BCUT2D eigenvalue weighted by Crippen LogP contribution is -2.38. The van der Waals surface area contributed by atoms with E-state index in [1.807, 2.05) is 66.7 Å². The normalized spacial score (nSPS) is 11.2. The van der Waals surface area contributed by atoms with Crippen LogP contribution in [0.2, 0.25) is 0 Å². The Morgan fingerprint density at radius 2 is 1.71 bits per heavy atom. The number of benzene rings is 4. The minimum atomic E-state index is -0.236. The van der Waals surface area contributed by atoms with Gasteiger partial charge in [-0.1, -0.05) is 62.4 Å². The molecule has 0 fully saturated rings. The van der Waals surface area contributed by atoms with Crippen LogP contribution >= 0.6 is 12.2 Å². The molecule has 1 heterocycles. The number of thiocarbonyl (C=S) groups is 1. The quantitative estimate of drug-likeness (QED) is 0.279. The first-order valence-corrected chi connectivity index (χ1v) is 11.9. The van der Waals surface area contributed by atoms with Gasteiger partial charge in [0.2, 0.25) is 5.89 Å². The Morgan fingerprint density at radius 1 is 0.943 bits per heavy atom. The predicted octanol–water partition coefficient (Wildman–Crippen LogP) is 6.58. The molecule has 1 amide bonds. The van der Waals surface area contributed by atoms with E-state index in [1.165, 1.54) is 5.56 Å². The van der Waals surface area contributed by atoms with Crippen molar-refractivity contribution in [1.29, 1.82) is 0 Å². The average molecular weight is 480 g/mol. The summed E-state index contributed by atoms with van der Waals surface area (Å²) in [6.45, 7) is 4.81. The standard InChI is InChI=1S/C29H25N3O2S/c1-18(2)22-13-14-26-25(16-22)31-28(34-26)21-9-7-19(8-10-21)17-30-29(35)32-27(33)24-12-11-20-5-3-4-6-23(20)15-24/h3-16,18H,17H2,1-2H3,(H2,30,32,33,35). The molecule has 5 rings (SSSR count). The second-order valence-corrected chi connectivity index (χ2v) is 9.20. The summed E-state index contributed by atoms with van der Waals surface area (Å²) in [5, 5.41) is 8.23. The van der Waals surface area contributed by atoms with E-state index in [1.54, 1.807) is 6.07 Å². The predicted molar refractivity (Wildman–Crippen MR) is 144 cm³/mol. The van der Waals surface area contributed by atoms with Gasteiger partial charge in [-0.3, -0.25) is 10.1 Å². The number of fused-ring (bicyclic) bond motifs is 2. The number of nitrogens with one attached hydrogen (secondary N) is 2. The lowest BCUT2D eigenvalue weighted by Gasteiger charge is -2.10. The summed E-state index contributed by atoms with van der Waals surface area (Å²) < 4.78 is 5.94. The van der Waals surface area contributed by atoms with Crippen LogP contribution in [-0.2, 0) is 6.54 Å². The molecule has 5 aromatic rings. The summed E-state index contributed by atoms with van der Waals surface area (Å²) in [7, 11) is 0. The summed E-state index contributed by atoms with van der Waals surface area (Å²) in [6.07, 6.45) is 0. The van der Waals surface area contributed by atoms with Crippen molar-refractivity contribution in [3.05, 3.63) is 102 Å². The molecule has 0 saturated carbocycles. The second kappa shape index (κ2) is 9.68. The molecule has 0 atom stereocenters. The van der Waals surface area contributed by atoms with Crippen LogP contribution in [0.15, 0.2) is 89.3 Å². The third-order valence-electron chi connectivity index (χ3n) is 5.97. The number of nitrogens with zero attached hydrogens (tertiary/aromatic N) is 1. The summed E-state index contributed by atoms with van der Waals surface area (Å²) in [5.74, 6) is 0.800. The van der Waals surface area contributed by atoms with E-state index in [0.29, 0.717) is 23.9 Å². The number of amides is 1. The van der Waals surface area contributed by atoms with Gasteiger partial charge in [0.25, 0.3) is 5.91 Å². The monoisotopic (exact) mass is 479 g/mol. The molecule has 0 unspecified atom stereocenters. The fraction of sp³-hybridized carbons (Fsp3) is 0.138. The summed E-state index contributed by atoms with van der Waals surface area (Å²) >= 11 is 5.33. The number of hydrogen-bond acceptors (Lipinski definition) is 4. The Labute approximate surface area is 209 Å². The first-order chi connectivity index (χ1) is 17.0. The molecule has 1 aromatic heterocycles. The molecule has 5 nitrogen and oxygen atoms in total. The molecule has 174 valence electrons. The van der Waals surface area contributed by atoms with Crippen molar-refractivity contribution in [2.45, 2.75) is 26.3 Å². The van der Waals surface area contributed by atoms with Crippen LogP contribution in [0.4, 0.5) is 0 Å². The highest BCUT2D eigenvalue weighted by atomic mass is 32.1. The first-order valence-electron chi connectivity index (χ1n) is 11.5. The van der Waals surface area contributed by atoms with Crippen molar-refractivity contribution in [3.63, 3.8) is 0 Å². The summed E-state index contributed by atoms with van der Waals surface area (Å²) in [6, 6.07) is 27.6. The Bertz CT molecular complexity index is 1540. The Hall–Kier alpha value is -4.03. The number of oxazole rings is 1. The van der Waals surface area contributed by atoms with Gasteiger partial charge in [-0.25, -0.2) is 4.98 Å². The van der Waals surface area contributed by atoms with Crippen LogP contribution in [-0.4, -0.2) is 16.0 Å². The van der Waals surface area contributed by atoms with Gasteiger partial charge in [0.05, 0.1) is 0 Å². The van der Waals surface area contributed by atoms with Crippen molar-refractivity contribution in [1.82, 2.24) is 15.6 Å². The van der Waals surface area contributed by atoms with E-state index < -0.39 is 0 Å². The zero-order valence-corrected chi connectivity index (χ0v) is 20.4. The minimum absolute atomic E-state index is 0.236. The molecule has 0 aliphatic rings. The van der Waals surface area contributed by atoms with Gasteiger partial charge in [0.1, 0.15) is 5.52 Å². The molecule has 0 aliphatic heterocycles. The molecule has 4 aromatic carbocycles. The molecular weight excluding hydrogens is 454 g/mol. The molecule has 6 heteroatoms. The zero-order valence-electron chi connectivity index (χ0n) is 19.5. The highest BCUT2D eigenvalue weighted by Crippen LogP contribution is 2.27. The maximum absolute atomic E-state index is 12.6. The average Bonchev–Trinajstić information content (AvgIpc) is 3.31. The van der Waals surface area contributed by atoms with Gasteiger partial charge in [-0.2, -0.15) is 0 Å². The van der Waals surface area contributed by atoms with E-state index in [0.717, 1.165) is 33.0 Å². The van der Waals surface area contributed by atoms with Gasteiger partial charge in [-0.05, 0) is 76.4 Å². The molecule has 0 radical (unpaired) electrons. The molecule has 0 aliphatic carbocycles. The van der Waals surface area contributed by atoms with E-state index >= 15 is 0 Å². The smallest absolute Gasteiger partial charge is 0.257 e. The van der Waals surface area contributed by atoms with E-state index in [4.69, 9.17) is 16.6 Å². The number of aromatic nitrogens is 1. The number of hydrogen-bond donors (Lipinski definition) is 2. The number of rotatable bonds is 5. The maximum atomic E-state index is 12.6. The first kappa shape index (κ1) is 22.7. The third kappa shape index (κ3) is 5.08. The van der Waals surface area contributed by atoms with Gasteiger partial charge in [0, 0.05) is 17.7 Å². The summed E-state index contributed by atoms with van der Waals surface area (Å²) in [5.41, 5.74) is 5.38. The SMILES string of the molecule is CC(C)c1ccc2oc(-c3ccc(CNC(=S)NC(=O)c4ccc5ccccc5c4)cc3)nc2c1. The van der Waals surface area contributed by atoms with Crippen LogP contribution in [0.5, 0.6) is 0 Å². The third-order valence-corrected chi connectivity index (χ3v) is 6.22. The highest BCUT2D eigenvalue weighted by Gasteiger charge is 2.11. The number of carbonyl (C=O) groups excluding carboxylic acids is 1. The number of carbonyl (C=O) groups is 1. The zero-order chi connectivity index (χ0) is 24.4. The van der Waals surface area contributed by atoms with Crippen LogP contribution in [0, 0.1) is 0 Å². The van der Waals surface area contributed by atoms with Gasteiger partial charge >= 0.3 is 0 Å². The van der Waals surface area contributed by atoms with Gasteiger partial charge in [0.15, 0.2) is 10.7 Å². The van der Waals surface area contributed by atoms with Crippen molar-refractivity contribution in [3.8, 4) is 11.5 Å². The fourth-order valence-electron chi connectivity index (χ4n) is 3.92. The Morgan fingerprint density at radius 3 is 2.49 bits per heavy atom. The highest BCUT2D eigenvalue weighted by molar-refractivity contribution is 7.80. The van der Waals surface area contributed by atoms with Crippen molar-refractivity contribution < 1.29 is 9.21 Å². The van der Waals surface area contributed by atoms with E-state index in [-0.39, 0.29) is 11.0 Å². The minimum Gasteiger partial charge on any atom is -0.436 e. The topological polar surface area (TPSA) is 67.2 Å². The fourth-order valence-corrected chi connectivity index (χ4v) is 4.09. The Kier molecular flexibility index (Phi) is 6.29. The van der Waals surface area contributed by atoms with Gasteiger partial charge in [-0.15, -0.1) is 0 Å². The largest absolute Gasteiger partial charge is 0.436 e. The van der Waals surface area contributed by atoms with Crippen molar-refractivity contribution in [2.24, 2.45) is 0 Å². The van der Waals surface area contributed by atoms with Crippen LogP contribution < -0.4 is 10.6 Å². The van der Waals surface area contributed by atoms with Crippen LogP contribution in [0.25, 0.3) is 33.3 Å². The molecular formula is C29H25N3O2S. The molecule has 0 saturated heterocycles. The Balaban J connectivity index is 1.20. The maximum Gasteiger partial charge on any atom is 0.257 e. The molecule has 0 spiro atoms. The van der Waals surface area contributed by atoms with E-state index in [2.05, 4.69) is 41.6 Å². The van der Waals surface area contributed by atoms with Gasteiger partial charge < -0.3 is 9.73 Å². The molecule has 0 bridgehead atoms. The lowest BCUT2D eigenvalue weighted by molar-refractivity contribution is 0.0976. The van der Waals surface area contributed by atoms with Crippen LogP contribution in [0.3, 0.4) is 0 Å². The van der Waals surface area contributed by atoms with Crippen LogP contribution in [0.1, 0.15) is 41.3 Å². The summed E-state index contributed by atoms with van der Waals surface area (Å²) in [4.78, 5) is 17.2.